The number of aromatic nitrogens is 2. The highest BCUT2D eigenvalue weighted by Gasteiger charge is 2.32. The second-order valence-electron chi connectivity index (χ2n) is 7.72. The molecule has 2 heterocycles. The van der Waals surface area contributed by atoms with Crippen LogP contribution in [-0.4, -0.2) is 46.1 Å². The first kappa shape index (κ1) is 24.3. The molecule has 4 rings (SSSR count). The van der Waals surface area contributed by atoms with E-state index in [1.807, 2.05) is 0 Å². The van der Waals surface area contributed by atoms with Gasteiger partial charge in [0.2, 0.25) is 5.88 Å². The van der Waals surface area contributed by atoms with Crippen molar-refractivity contribution < 1.29 is 27.9 Å². The van der Waals surface area contributed by atoms with E-state index in [0.29, 0.717) is 17.3 Å². The predicted octanol–water partition coefficient (Wildman–Crippen LogP) is 2.55. The Bertz CT molecular complexity index is 1380. The Labute approximate surface area is 202 Å². The number of hydroxylamine groups is 2. The molecular weight excluding hydrogens is 486 g/mol. The van der Waals surface area contributed by atoms with Crippen LogP contribution in [0.2, 0.25) is 5.02 Å². The van der Waals surface area contributed by atoms with E-state index in [0.717, 1.165) is 22.0 Å². The maximum atomic E-state index is 13.8. The van der Waals surface area contributed by atoms with Gasteiger partial charge in [0.15, 0.2) is 5.02 Å². The van der Waals surface area contributed by atoms with Gasteiger partial charge >= 0.3 is 0 Å². The highest BCUT2D eigenvalue weighted by molar-refractivity contribution is 6.31. The van der Waals surface area contributed by atoms with Crippen molar-refractivity contribution in [3.63, 3.8) is 0 Å². The molecule has 0 radical (unpaired) electrons. The third-order valence-corrected chi connectivity index (χ3v) is 5.67. The molecule has 1 aliphatic rings. The number of nitrogens with one attached hydrogen (secondary N) is 1. The van der Waals surface area contributed by atoms with Crippen molar-refractivity contribution in [2.24, 2.45) is 0 Å². The lowest BCUT2D eigenvalue weighted by Gasteiger charge is -2.14. The quantitative estimate of drug-likeness (QED) is 0.553. The van der Waals surface area contributed by atoms with E-state index in [1.165, 1.54) is 19.2 Å². The molecule has 2 amide bonds. The molecule has 1 N–H and O–H groups in total. The second kappa shape index (κ2) is 9.80. The molecule has 182 valence electrons. The summed E-state index contributed by atoms with van der Waals surface area (Å²) in [4.78, 5) is 46.7. The van der Waals surface area contributed by atoms with Gasteiger partial charge < -0.3 is 10.1 Å². The maximum Gasteiger partial charge on any atom is 0.280 e. The zero-order valence-corrected chi connectivity index (χ0v) is 19.3. The normalized spacial score (nSPS) is 15.4. The fourth-order valence-electron chi connectivity index (χ4n) is 3.37. The van der Waals surface area contributed by atoms with Crippen LogP contribution in [0, 0.1) is 18.6 Å². The number of carbonyl (C=O) groups excluding carboxylic acids is 2. The molecule has 0 saturated carbocycles. The van der Waals surface area contributed by atoms with E-state index in [-0.39, 0.29) is 41.2 Å². The van der Waals surface area contributed by atoms with Crippen molar-refractivity contribution in [1.29, 1.82) is 0 Å². The van der Waals surface area contributed by atoms with Crippen LogP contribution in [0.4, 0.5) is 8.78 Å². The molecule has 0 aliphatic carbocycles. The van der Waals surface area contributed by atoms with E-state index in [1.54, 1.807) is 19.1 Å². The van der Waals surface area contributed by atoms with E-state index in [4.69, 9.17) is 21.2 Å². The van der Waals surface area contributed by atoms with Crippen molar-refractivity contribution in [2.45, 2.75) is 19.6 Å². The van der Waals surface area contributed by atoms with Gasteiger partial charge in [-0.05, 0) is 36.8 Å². The van der Waals surface area contributed by atoms with Gasteiger partial charge in [0.1, 0.15) is 37.2 Å². The fraction of sp³-hybridized carbons (Fsp3) is 0.217. The molecule has 0 bridgehead atoms. The average Bonchev–Trinajstić information content (AvgIpc) is 3.13. The lowest BCUT2D eigenvalue weighted by molar-refractivity contribution is -0.154. The van der Waals surface area contributed by atoms with Crippen LogP contribution in [0.15, 0.2) is 47.5 Å². The van der Waals surface area contributed by atoms with Gasteiger partial charge in [-0.2, -0.15) is 0 Å². The van der Waals surface area contributed by atoms with Gasteiger partial charge in [-0.15, -0.1) is 0 Å². The van der Waals surface area contributed by atoms with Gasteiger partial charge in [-0.1, -0.05) is 17.7 Å². The van der Waals surface area contributed by atoms with Crippen LogP contribution in [0.25, 0.3) is 5.69 Å². The van der Waals surface area contributed by atoms with Crippen LogP contribution in [0.1, 0.15) is 21.5 Å². The summed E-state index contributed by atoms with van der Waals surface area (Å²) >= 11 is 6.17. The highest BCUT2D eigenvalue weighted by Crippen LogP contribution is 2.22. The minimum absolute atomic E-state index is 0.0159. The van der Waals surface area contributed by atoms with Crippen molar-refractivity contribution in [3.05, 3.63) is 86.4 Å². The number of likely N-dealkylation sites (N-methyl/N-ethyl adjacent to an activating group) is 1. The van der Waals surface area contributed by atoms with Crippen LogP contribution in [0.5, 0.6) is 5.88 Å². The molecule has 0 unspecified atom stereocenters. The van der Waals surface area contributed by atoms with Gasteiger partial charge in [0.25, 0.3) is 17.4 Å². The number of hydrogen-bond acceptors (Lipinski definition) is 6. The Balaban J connectivity index is 1.56. The number of hydrogen-bond donors (Lipinski definition) is 1. The molecule has 1 fully saturated rings. The Morgan fingerprint density at radius 3 is 2.71 bits per heavy atom. The number of benzene rings is 2. The molecule has 2 aromatic carbocycles. The topological polar surface area (TPSA) is 103 Å². The Hall–Kier alpha value is -3.83. The molecule has 3 aromatic rings. The van der Waals surface area contributed by atoms with Crippen molar-refractivity contribution >= 4 is 23.4 Å². The summed E-state index contributed by atoms with van der Waals surface area (Å²) in [5.41, 5.74) is 0.546. The summed E-state index contributed by atoms with van der Waals surface area (Å²) in [6, 6.07) is 6.82. The third kappa shape index (κ3) is 5.00. The zero-order valence-electron chi connectivity index (χ0n) is 18.5. The lowest BCUT2D eigenvalue weighted by atomic mass is 10.1. The summed E-state index contributed by atoms with van der Waals surface area (Å²) in [5, 5.41) is 3.28. The third-order valence-electron chi connectivity index (χ3n) is 5.34. The lowest BCUT2D eigenvalue weighted by Crippen LogP contribution is -2.42. The first-order valence-corrected chi connectivity index (χ1v) is 10.7. The molecule has 9 nitrogen and oxygen atoms in total. The van der Waals surface area contributed by atoms with Crippen LogP contribution >= 0.6 is 11.6 Å². The SMILES string of the molecule is Cc1ccc(C(=O)N[C@@H]2CON(C)C2=O)cc1-n1cnc(OCc2ccc(F)cc2F)c(Cl)c1=O. The first-order chi connectivity index (χ1) is 16.7. The molecule has 1 atom stereocenters. The van der Waals surface area contributed by atoms with Crippen molar-refractivity contribution in [2.75, 3.05) is 13.7 Å². The van der Waals surface area contributed by atoms with E-state index in [9.17, 15) is 23.2 Å². The van der Waals surface area contributed by atoms with Crippen LogP contribution < -0.4 is 15.6 Å². The minimum Gasteiger partial charge on any atom is -0.471 e. The maximum absolute atomic E-state index is 13.8. The predicted molar refractivity (Wildman–Crippen MR) is 120 cm³/mol. The van der Waals surface area contributed by atoms with Gasteiger partial charge in [0.05, 0.1) is 5.69 Å². The van der Waals surface area contributed by atoms with Gasteiger partial charge in [-0.25, -0.2) is 18.8 Å². The van der Waals surface area contributed by atoms with E-state index in [2.05, 4.69) is 10.3 Å². The van der Waals surface area contributed by atoms with Crippen molar-refractivity contribution in [1.82, 2.24) is 19.9 Å². The molecule has 1 aromatic heterocycles. The second-order valence-corrected chi connectivity index (χ2v) is 8.10. The zero-order chi connectivity index (χ0) is 25.3. The van der Waals surface area contributed by atoms with Crippen LogP contribution in [-0.2, 0) is 16.2 Å². The molecule has 12 heteroatoms. The number of aryl methyl sites for hydroxylation is 1. The van der Waals surface area contributed by atoms with Crippen LogP contribution in [0.3, 0.4) is 0 Å². The summed E-state index contributed by atoms with van der Waals surface area (Å²) in [6.07, 6.45) is 1.16. The Kier molecular flexibility index (Phi) is 6.81. The number of amides is 2. The first-order valence-electron chi connectivity index (χ1n) is 10.3. The number of carbonyl (C=O) groups is 2. The largest absolute Gasteiger partial charge is 0.471 e. The monoisotopic (exact) mass is 504 g/mol. The smallest absolute Gasteiger partial charge is 0.280 e. The molecule has 1 aliphatic heterocycles. The fourth-order valence-corrected chi connectivity index (χ4v) is 3.56. The van der Waals surface area contributed by atoms with Gasteiger partial charge in [-0.3, -0.25) is 23.8 Å². The number of ether oxygens (including phenoxy) is 1. The highest BCUT2D eigenvalue weighted by atomic mass is 35.5. The number of nitrogens with zero attached hydrogens (tertiary/aromatic N) is 3. The summed E-state index contributed by atoms with van der Waals surface area (Å²) in [6.45, 7) is 1.42. The van der Waals surface area contributed by atoms with E-state index < -0.39 is 29.1 Å². The summed E-state index contributed by atoms with van der Waals surface area (Å²) < 4.78 is 33.4. The molecule has 1 saturated heterocycles. The molecule has 0 spiro atoms. The molecular formula is C23H19ClF2N4O5. The molecule has 35 heavy (non-hydrogen) atoms. The average molecular weight is 505 g/mol. The van der Waals surface area contributed by atoms with E-state index >= 15 is 0 Å². The summed E-state index contributed by atoms with van der Waals surface area (Å²) in [7, 11) is 1.45. The Morgan fingerprint density at radius 2 is 2.03 bits per heavy atom. The number of rotatable bonds is 6. The van der Waals surface area contributed by atoms with Crippen molar-refractivity contribution in [3.8, 4) is 11.6 Å². The van der Waals surface area contributed by atoms with Gasteiger partial charge in [0, 0.05) is 24.2 Å². The standard InChI is InChI=1S/C23H19ClF2N4O5/c1-12-3-4-13(20(31)28-17-10-35-29(2)22(17)32)7-18(12)30-11-27-21(19(24)23(30)33)34-9-14-5-6-15(25)8-16(14)26/h3-8,11,17H,9-10H2,1-2H3,(H,28,31)/t17-/m1/s1. The number of halogens is 3. The summed E-state index contributed by atoms with van der Waals surface area (Å²) in [5.74, 6) is -2.68. The Morgan fingerprint density at radius 1 is 1.26 bits per heavy atom. The minimum atomic E-state index is -0.821.